The van der Waals surface area contributed by atoms with Crippen LogP contribution >= 0.6 is 11.6 Å². The van der Waals surface area contributed by atoms with E-state index in [1.165, 1.54) is 6.07 Å². The van der Waals surface area contributed by atoms with E-state index in [1.54, 1.807) is 19.1 Å². The molecule has 0 saturated heterocycles. The Labute approximate surface area is 117 Å². The zero-order chi connectivity index (χ0) is 14.3. The van der Waals surface area contributed by atoms with E-state index >= 15 is 0 Å². The summed E-state index contributed by atoms with van der Waals surface area (Å²) in [5, 5.41) is 0. The highest BCUT2D eigenvalue weighted by molar-refractivity contribution is 6.19. The number of halogens is 1. The third-order valence-corrected chi connectivity index (χ3v) is 2.61. The number of hydrogen-bond acceptors (Lipinski definition) is 4. The minimum Gasteiger partial charge on any atom is -0.493 e. The molecule has 0 aliphatic heterocycles. The van der Waals surface area contributed by atoms with E-state index in [1.807, 2.05) is 6.92 Å². The number of ketones is 1. The average molecular weight is 285 g/mol. The van der Waals surface area contributed by atoms with Gasteiger partial charge in [0.15, 0.2) is 5.78 Å². The largest absolute Gasteiger partial charge is 0.493 e. The van der Waals surface area contributed by atoms with Crippen LogP contribution in [-0.2, 0) is 4.74 Å². The van der Waals surface area contributed by atoms with E-state index < -0.39 is 5.97 Å². The minimum atomic E-state index is -0.494. The van der Waals surface area contributed by atoms with Gasteiger partial charge in [-0.05, 0) is 32.0 Å². The van der Waals surface area contributed by atoms with E-state index in [9.17, 15) is 9.59 Å². The first-order valence-electron chi connectivity index (χ1n) is 6.17. The van der Waals surface area contributed by atoms with Crippen LogP contribution < -0.4 is 4.74 Å². The first kappa shape index (κ1) is 15.5. The summed E-state index contributed by atoms with van der Waals surface area (Å²) in [6, 6.07) is 4.73. The fourth-order valence-electron chi connectivity index (χ4n) is 1.58. The van der Waals surface area contributed by atoms with Crippen molar-refractivity contribution in [1.82, 2.24) is 0 Å². The Balaban J connectivity index is 3.10. The molecule has 0 aliphatic rings. The fourth-order valence-corrected chi connectivity index (χ4v) is 1.75. The van der Waals surface area contributed by atoms with Crippen molar-refractivity contribution in [3.63, 3.8) is 0 Å². The molecule has 104 valence electrons. The van der Waals surface area contributed by atoms with Crippen molar-refractivity contribution in [2.45, 2.75) is 20.3 Å². The van der Waals surface area contributed by atoms with Crippen molar-refractivity contribution in [2.24, 2.45) is 0 Å². The van der Waals surface area contributed by atoms with Gasteiger partial charge < -0.3 is 9.47 Å². The van der Waals surface area contributed by atoms with Gasteiger partial charge in [-0.25, -0.2) is 4.79 Å². The number of esters is 1. The third kappa shape index (κ3) is 4.24. The monoisotopic (exact) mass is 284 g/mol. The fraction of sp³-hybridized carbons (Fsp3) is 0.429. The SMILES string of the molecule is CCOC(=O)c1cc(C(=O)CCCl)ccc1OCC. The van der Waals surface area contributed by atoms with E-state index in [4.69, 9.17) is 21.1 Å². The molecule has 0 fully saturated rings. The first-order valence-corrected chi connectivity index (χ1v) is 6.70. The molecule has 0 bridgehead atoms. The Morgan fingerprint density at radius 1 is 1.21 bits per heavy atom. The van der Waals surface area contributed by atoms with Gasteiger partial charge in [0.1, 0.15) is 11.3 Å². The molecule has 1 rings (SSSR count). The Morgan fingerprint density at radius 3 is 2.53 bits per heavy atom. The third-order valence-electron chi connectivity index (χ3n) is 2.42. The van der Waals surface area contributed by atoms with Crippen LogP contribution in [0.5, 0.6) is 5.75 Å². The summed E-state index contributed by atoms with van der Waals surface area (Å²) in [4.78, 5) is 23.6. The molecule has 4 nitrogen and oxygen atoms in total. The smallest absolute Gasteiger partial charge is 0.341 e. The molecule has 0 saturated carbocycles. The first-order chi connectivity index (χ1) is 9.13. The van der Waals surface area contributed by atoms with Crippen molar-refractivity contribution in [1.29, 1.82) is 0 Å². The number of Topliss-reactive ketones (excluding diaryl/α,β-unsaturated/α-hetero) is 1. The quantitative estimate of drug-likeness (QED) is 0.439. The standard InChI is InChI=1S/C14H17ClO4/c1-3-18-13-6-5-10(12(16)7-8-15)9-11(13)14(17)19-4-2/h5-6,9H,3-4,7-8H2,1-2H3. The zero-order valence-corrected chi connectivity index (χ0v) is 11.8. The van der Waals surface area contributed by atoms with Gasteiger partial charge >= 0.3 is 5.97 Å². The Kier molecular flexibility index (Phi) is 6.36. The molecule has 0 atom stereocenters. The van der Waals surface area contributed by atoms with Crippen LogP contribution in [0.3, 0.4) is 0 Å². The molecule has 0 heterocycles. The molecule has 0 aromatic heterocycles. The van der Waals surface area contributed by atoms with E-state index in [-0.39, 0.29) is 30.3 Å². The number of carbonyl (C=O) groups excluding carboxylic acids is 2. The summed E-state index contributed by atoms with van der Waals surface area (Å²) in [6.07, 6.45) is 0.234. The normalized spacial score (nSPS) is 10.1. The molecule has 0 radical (unpaired) electrons. The van der Waals surface area contributed by atoms with Gasteiger partial charge in [-0.1, -0.05) is 0 Å². The lowest BCUT2D eigenvalue weighted by molar-refractivity contribution is 0.0522. The summed E-state index contributed by atoms with van der Waals surface area (Å²) in [7, 11) is 0. The summed E-state index contributed by atoms with van der Waals surface area (Å²) in [5.41, 5.74) is 0.705. The lowest BCUT2D eigenvalue weighted by Crippen LogP contribution is -2.10. The van der Waals surface area contributed by atoms with Gasteiger partial charge in [0, 0.05) is 17.9 Å². The highest BCUT2D eigenvalue weighted by Gasteiger charge is 2.16. The maximum atomic E-state index is 11.8. The topological polar surface area (TPSA) is 52.6 Å². The Bertz CT molecular complexity index is 457. The second kappa shape index (κ2) is 7.79. The van der Waals surface area contributed by atoms with Crippen molar-refractivity contribution < 1.29 is 19.1 Å². The molecule has 19 heavy (non-hydrogen) atoms. The summed E-state index contributed by atoms with van der Waals surface area (Å²) in [6.45, 7) is 4.24. The molecule has 0 amide bonds. The van der Waals surface area contributed by atoms with Crippen molar-refractivity contribution in [3.05, 3.63) is 29.3 Å². The lowest BCUT2D eigenvalue weighted by atomic mass is 10.0. The molecule has 0 spiro atoms. The van der Waals surface area contributed by atoms with Crippen LogP contribution in [0.1, 0.15) is 41.0 Å². The Hall–Kier alpha value is -1.55. The van der Waals surface area contributed by atoms with Crippen LogP contribution in [0.25, 0.3) is 0 Å². The number of rotatable bonds is 7. The second-order valence-electron chi connectivity index (χ2n) is 3.73. The zero-order valence-electron chi connectivity index (χ0n) is 11.1. The number of benzene rings is 1. The second-order valence-corrected chi connectivity index (χ2v) is 4.10. The number of ether oxygens (including phenoxy) is 2. The molecule has 0 unspecified atom stereocenters. The lowest BCUT2D eigenvalue weighted by Gasteiger charge is -2.10. The highest BCUT2D eigenvalue weighted by Crippen LogP contribution is 2.22. The van der Waals surface area contributed by atoms with Gasteiger partial charge in [0.2, 0.25) is 0 Å². The molecule has 1 aromatic carbocycles. The molecule has 0 N–H and O–H groups in total. The van der Waals surface area contributed by atoms with Crippen molar-refractivity contribution in [2.75, 3.05) is 19.1 Å². The van der Waals surface area contributed by atoms with E-state index in [0.717, 1.165) is 0 Å². The molecule has 1 aromatic rings. The number of hydrogen-bond donors (Lipinski definition) is 0. The van der Waals surface area contributed by atoms with Crippen LogP contribution in [0, 0.1) is 0 Å². The van der Waals surface area contributed by atoms with E-state index in [2.05, 4.69) is 0 Å². The molecule has 5 heteroatoms. The van der Waals surface area contributed by atoms with Crippen LogP contribution in [0.4, 0.5) is 0 Å². The van der Waals surface area contributed by atoms with E-state index in [0.29, 0.717) is 17.9 Å². The van der Waals surface area contributed by atoms with Crippen molar-refractivity contribution >= 4 is 23.4 Å². The van der Waals surface area contributed by atoms with Crippen LogP contribution in [-0.4, -0.2) is 30.8 Å². The maximum Gasteiger partial charge on any atom is 0.341 e. The van der Waals surface area contributed by atoms with Crippen LogP contribution in [0.15, 0.2) is 18.2 Å². The summed E-state index contributed by atoms with van der Waals surface area (Å²) in [5.74, 6) is 0.0688. The average Bonchev–Trinajstić information content (AvgIpc) is 2.40. The van der Waals surface area contributed by atoms with Gasteiger partial charge in [0.25, 0.3) is 0 Å². The molecule has 0 aliphatic carbocycles. The van der Waals surface area contributed by atoms with Crippen molar-refractivity contribution in [3.8, 4) is 5.75 Å². The van der Waals surface area contributed by atoms with Gasteiger partial charge in [0.05, 0.1) is 13.2 Å². The number of carbonyl (C=O) groups is 2. The maximum absolute atomic E-state index is 11.8. The Morgan fingerprint density at radius 2 is 1.95 bits per heavy atom. The summed E-state index contributed by atoms with van der Waals surface area (Å²) < 4.78 is 10.3. The predicted molar refractivity (Wildman–Crippen MR) is 73.2 cm³/mol. The predicted octanol–water partition coefficient (Wildman–Crippen LogP) is 3.07. The van der Waals surface area contributed by atoms with Gasteiger partial charge in [-0.15, -0.1) is 11.6 Å². The van der Waals surface area contributed by atoms with Gasteiger partial charge in [-0.3, -0.25) is 4.79 Å². The summed E-state index contributed by atoms with van der Waals surface area (Å²) >= 11 is 5.54. The van der Waals surface area contributed by atoms with Crippen LogP contribution in [0.2, 0.25) is 0 Å². The minimum absolute atomic E-state index is 0.108. The highest BCUT2D eigenvalue weighted by atomic mass is 35.5. The molecular weight excluding hydrogens is 268 g/mol. The molecular formula is C14H17ClO4. The van der Waals surface area contributed by atoms with Gasteiger partial charge in [-0.2, -0.15) is 0 Å². The number of alkyl halides is 1.